The molecule has 1 aliphatic heterocycles. The molecular formula is C18H20N2O4. The number of hydrogen-bond acceptors (Lipinski definition) is 5. The van der Waals surface area contributed by atoms with Crippen LogP contribution in [0.25, 0.3) is 0 Å². The summed E-state index contributed by atoms with van der Waals surface area (Å²) in [4.78, 5) is 16.1. The number of carbonyl (C=O) groups is 1. The number of hydrogen-bond donors (Lipinski definition) is 1. The second kappa shape index (κ2) is 7.68. The van der Waals surface area contributed by atoms with Crippen LogP contribution in [0.1, 0.15) is 17.5 Å². The number of aryl methyl sites for hydroxylation is 1. The lowest BCUT2D eigenvalue weighted by Gasteiger charge is -2.18. The van der Waals surface area contributed by atoms with Gasteiger partial charge in [0.15, 0.2) is 11.5 Å². The molecule has 3 rings (SSSR count). The number of benzene rings is 1. The van der Waals surface area contributed by atoms with E-state index in [4.69, 9.17) is 14.2 Å². The number of fused-ring (bicyclic) bond motifs is 1. The van der Waals surface area contributed by atoms with E-state index in [2.05, 4.69) is 10.3 Å². The summed E-state index contributed by atoms with van der Waals surface area (Å²) in [6, 6.07) is 9.46. The first-order valence-corrected chi connectivity index (χ1v) is 7.89. The maximum Gasteiger partial charge on any atom is 0.220 e. The molecule has 0 fully saturated rings. The van der Waals surface area contributed by atoms with Gasteiger partial charge in [-0.1, -0.05) is 6.07 Å². The quantitative estimate of drug-likeness (QED) is 0.879. The van der Waals surface area contributed by atoms with E-state index in [9.17, 15) is 4.79 Å². The topological polar surface area (TPSA) is 69.7 Å². The van der Waals surface area contributed by atoms with Crippen molar-refractivity contribution in [2.45, 2.75) is 19.4 Å². The molecule has 2 heterocycles. The first-order valence-electron chi connectivity index (χ1n) is 7.89. The maximum atomic E-state index is 12.0. The van der Waals surface area contributed by atoms with E-state index in [1.807, 2.05) is 24.3 Å². The Kier molecular flexibility index (Phi) is 5.15. The minimum Gasteiger partial charge on any atom is -0.486 e. The third-order valence-corrected chi connectivity index (χ3v) is 3.75. The van der Waals surface area contributed by atoms with Crippen molar-refractivity contribution in [3.8, 4) is 17.4 Å². The number of amides is 1. The van der Waals surface area contributed by atoms with Crippen LogP contribution in [0.15, 0.2) is 36.5 Å². The van der Waals surface area contributed by atoms with Crippen LogP contribution in [0.3, 0.4) is 0 Å². The van der Waals surface area contributed by atoms with Gasteiger partial charge in [0.25, 0.3) is 0 Å². The number of nitrogens with one attached hydrogen (secondary N) is 1. The molecule has 0 saturated carbocycles. The Labute approximate surface area is 140 Å². The Bertz CT molecular complexity index is 718. The molecule has 0 saturated heterocycles. The molecule has 2 aromatic rings. The third kappa shape index (κ3) is 4.16. The predicted octanol–water partition coefficient (Wildman–Crippen LogP) is 2.11. The van der Waals surface area contributed by atoms with Crippen molar-refractivity contribution in [2.75, 3.05) is 20.3 Å². The molecule has 0 unspecified atom stereocenters. The van der Waals surface area contributed by atoms with E-state index >= 15 is 0 Å². The van der Waals surface area contributed by atoms with Crippen molar-refractivity contribution in [3.05, 3.63) is 47.7 Å². The highest BCUT2D eigenvalue weighted by Crippen LogP contribution is 2.31. The second-order valence-corrected chi connectivity index (χ2v) is 5.46. The van der Waals surface area contributed by atoms with Gasteiger partial charge < -0.3 is 19.5 Å². The van der Waals surface area contributed by atoms with Crippen molar-refractivity contribution >= 4 is 5.91 Å². The molecular weight excluding hydrogens is 308 g/mol. The van der Waals surface area contributed by atoms with Crippen LogP contribution >= 0.6 is 0 Å². The summed E-state index contributed by atoms with van der Waals surface area (Å²) in [6.45, 7) is 1.60. The van der Waals surface area contributed by atoms with Crippen LogP contribution in [0.5, 0.6) is 17.4 Å². The average molecular weight is 328 g/mol. The van der Waals surface area contributed by atoms with E-state index in [0.29, 0.717) is 38.5 Å². The summed E-state index contributed by atoms with van der Waals surface area (Å²) in [6.07, 6.45) is 2.74. The van der Waals surface area contributed by atoms with Crippen LogP contribution in [0.2, 0.25) is 0 Å². The Balaban J connectivity index is 1.48. The average Bonchev–Trinajstić information content (AvgIpc) is 2.64. The molecule has 1 N–H and O–H groups in total. The summed E-state index contributed by atoms with van der Waals surface area (Å²) in [5.74, 6) is 2.06. The largest absolute Gasteiger partial charge is 0.486 e. The van der Waals surface area contributed by atoms with Gasteiger partial charge in [-0.15, -0.1) is 0 Å². The van der Waals surface area contributed by atoms with Gasteiger partial charge in [0.05, 0.1) is 7.11 Å². The van der Waals surface area contributed by atoms with E-state index in [-0.39, 0.29) is 5.91 Å². The molecule has 1 aromatic heterocycles. The fraction of sp³-hybridized carbons (Fsp3) is 0.333. The molecule has 0 atom stereocenters. The van der Waals surface area contributed by atoms with Gasteiger partial charge in [-0.05, 0) is 35.7 Å². The molecule has 0 radical (unpaired) electrons. The van der Waals surface area contributed by atoms with Gasteiger partial charge in [-0.2, -0.15) is 0 Å². The fourth-order valence-corrected chi connectivity index (χ4v) is 2.46. The molecule has 0 aliphatic carbocycles. The van der Waals surface area contributed by atoms with Crippen molar-refractivity contribution < 1.29 is 19.0 Å². The van der Waals surface area contributed by atoms with Crippen LogP contribution in [0.4, 0.5) is 0 Å². The highest BCUT2D eigenvalue weighted by Gasteiger charge is 2.12. The summed E-state index contributed by atoms with van der Waals surface area (Å²) in [5.41, 5.74) is 2.01. The lowest BCUT2D eigenvalue weighted by Crippen LogP contribution is -2.23. The lowest BCUT2D eigenvalue weighted by molar-refractivity contribution is -0.121. The molecule has 6 nitrogen and oxygen atoms in total. The molecule has 1 amide bonds. The normalized spacial score (nSPS) is 12.5. The molecule has 24 heavy (non-hydrogen) atoms. The highest BCUT2D eigenvalue weighted by atomic mass is 16.6. The zero-order chi connectivity index (χ0) is 16.8. The van der Waals surface area contributed by atoms with Gasteiger partial charge >= 0.3 is 0 Å². The first-order chi connectivity index (χ1) is 11.7. The monoisotopic (exact) mass is 328 g/mol. The van der Waals surface area contributed by atoms with Crippen LogP contribution in [-0.2, 0) is 17.8 Å². The maximum absolute atomic E-state index is 12.0. The van der Waals surface area contributed by atoms with E-state index in [0.717, 1.165) is 22.6 Å². The Morgan fingerprint density at radius 2 is 2.00 bits per heavy atom. The summed E-state index contributed by atoms with van der Waals surface area (Å²) in [7, 11) is 1.57. The zero-order valence-corrected chi connectivity index (χ0v) is 13.6. The van der Waals surface area contributed by atoms with Gasteiger partial charge in [0, 0.05) is 25.2 Å². The van der Waals surface area contributed by atoms with Gasteiger partial charge in [0.1, 0.15) is 13.2 Å². The second-order valence-electron chi connectivity index (χ2n) is 5.46. The minimum absolute atomic E-state index is 0.000619. The van der Waals surface area contributed by atoms with Crippen molar-refractivity contribution in [1.29, 1.82) is 0 Å². The predicted molar refractivity (Wildman–Crippen MR) is 88.4 cm³/mol. The molecule has 0 spiro atoms. The molecule has 1 aliphatic rings. The van der Waals surface area contributed by atoms with Crippen molar-refractivity contribution in [3.63, 3.8) is 0 Å². The number of pyridine rings is 1. The number of aromatic nitrogens is 1. The third-order valence-electron chi connectivity index (χ3n) is 3.75. The standard InChI is InChI=1S/C18H20N2O4/c1-22-18-11-14(6-7-19-18)12-20-17(21)5-3-13-2-4-15-16(10-13)24-9-8-23-15/h2,4,6-7,10-11H,3,5,8-9,12H2,1H3,(H,20,21). The molecule has 126 valence electrons. The summed E-state index contributed by atoms with van der Waals surface area (Å²) >= 11 is 0. The number of methoxy groups -OCH3 is 1. The van der Waals surface area contributed by atoms with Gasteiger partial charge in [-0.25, -0.2) is 4.98 Å². The van der Waals surface area contributed by atoms with Gasteiger partial charge in [-0.3, -0.25) is 4.79 Å². The number of rotatable bonds is 6. The van der Waals surface area contributed by atoms with E-state index in [1.165, 1.54) is 0 Å². The van der Waals surface area contributed by atoms with Crippen LogP contribution in [-0.4, -0.2) is 31.2 Å². The number of ether oxygens (including phenoxy) is 3. The molecule has 0 bridgehead atoms. The van der Waals surface area contributed by atoms with Crippen LogP contribution in [0, 0.1) is 0 Å². The fourth-order valence-electron chi connectivity index (χ4n) is 2.46. The Hall–Kier alpha value is -2.76. The Morgan fingerprint density at radius 3 is 2.83 bits per heavy atom. The SMILES string of the molecule is COc1cc(CNC(=O)CCc2ccc3c(c2)OCCO3)ccn1. The minimum atomic E-state index is 0.000619. The van der Waals surface area contributed by atoms with E-state index < -0.39 is 0 Å². The molecule has 6 heteroatoms. The van der Waals surface area contributed by atoms with Gasteiger partial charge in [0.2, 0.25) is 11.8 Å². The first kappa shape index (κ1) is 16.1. The van der Waals surface area contributed by atoms with Crippen molar-refractivity contribution in [2.24, 2.45) is 0 Å². The highest BCUT2D eigenvalue weighted by molar-refractivity contribution is 5.76. The number of carbonyl (C=O) groups excluding carboxylic acids is 1. The summed E-state index contributed by atoms with van der Waals surface area (Å²) in [5, 5.41) is 2.90. The Morgan fingerprint density at radius 1 is 1.17 bits per heavy atom. The van der Waals surface area contributed by atoms with Crippen molar-refractivity contribution in [1.82, 2.24) is 10.3 Å². The molecule has 1 aromatic carbocycles. The zero-order valence-electron chi connectivity index (χ0n) is 13.6. The van der Waals surface area contributed by atoms with E-state index in [1.54, 1.807) is 19.4 Å². The summed E-state index contributed by atoms with van der Waals surface area (Å²) < 4.78 is 16.1. The van der Waals surface area contributed by atoms with Crippen LogP contribution < -0.4 is 19.5 Å². The number of nitrogens with zero attached hydrogens (tertiary/aromatic N) is 1. The smallest absolute Gasteiger partial charge is 0.220 e. The lowest BCUT2D eigenvalue weighted by atomic mass is 10.1.